The van der Waals surface area contributed by atoms with Crippen molar-refractivity contribution < 1.29 is 4.79 Å². The van der Waals surface area contributed by atoms with Gasteiger partial charge in [-0.25, -0.2) is 0 Å². The highest BCUT2D eigenvalue weighted by atomic mass is 16.2. The molecule has 2 fully saturated rings. The average Bonchev–Trinajstić information content (AvgIpc) is 2.74. The smallest absolute Gasteiger partial charge is 0.222 e. The summed E-state index contributed by atoms with van der Waals surface area (Å²) in [6.07, 6.45) is 7.69. The lowest BCUT2D eigenvalue weighted by atomic mass is 9.84. The topological polar surface area (TPSA) is 46.3 Å². The van der Waals surface area contributed by atoms with Crippen molar-refractivity contribution >= 4 is 5.91 Å². The Labute approximate surface area is 92.0 Å². The molecule has 15 heavy (non-hydrogen) atoms. The van der Waals surface area contributed by atoms with Crippen LogP contribution in [0.5, 0.6) is 0 Å². The van der Waals surface area contributed by atoms with Crippen molar-refractivity contribution in [3.8, 4) is 0 Å². The molecule has 0 aromatic heterocycles. The van der Waals surface area contributed by atoms with Gasteiger partial charge in [-0.2, -0.15) is 0 Å². The molecule has 3 nitrogen and oxygen atoms in total. The van der Waals surface area contributed by atoms with Crippen molar-refractivity contribution in [2.45, 2.75) is 51.0 Å². The van der Waals surface area contributed by atoms with E-state index in [0.717, 1.165) is 45.2 Å². The van der Waals surface area contributed by atoms with Crippen molar-refractivity contribution in [3.63, 3.8) is 0 Å². The van der Waals surface area contributed by atoms with Crippen molar-refractivity contribution in [2.24, 2.45) is 11.7 Å². The molecule has 0 aromatic rings. The van der Waals surface area contributed by atoms with Gasteiger partial charge in [-0.15, -0.1) is 0 Å². The van der Waals surface area contributed by atoms with Crippen LogP contribution in [0.1, 0.15) is 44.9 Å². The van der Waals surface area contributed by atoms with E-state index in [1.807, 2.05) is 4.90 Å². The molecule has 3 heteroatoms. The molecule has 0 atom stereocenters. The summed E-state index contributed by atoms with van der Waals surface area (Å²) in [6.45, 7) is 1.98. The molecule has 1 aliphatic carbocycles. The van der Waals surface area contributed by atoms with E-state index >= 15 is 0 Å². The Morgan fingerprint density at radius 3 is 2.33 bits per heavy atom. The SMILES string of the molecule is NC1CCC(CC(=O)N2CCCC2)CC1. The van der Waals surface area contributed by atoms with E-state index in [4.69, 9.17) is 5.73 Å². The van der Waals surface area contributed by atoms with Gasteiger partial charge in [-0.3, -0.25) is 4.79 Å². The summed E-state index contributed by atoms with van der Waals surface area (Å²) < 4.78 is 0. The number of carbonyl (C=O) groups is 1. The predicted molar refractivity (Wildman–Crippen MR) is 60.4 cm³/mol. The Bertz CT molecular complexity index is 216. The van der Waals surface area contributed by atoms with Crippen LogP contribution < -0.4 is 5.73 Å². The van der Waals surface area contributed by atoms with Gasteiger partial charge in [0.1, 0.15) is 0 Å². The van der Waals surface area contributed by atoms with Gasteiger partial charge in [0.2, 0.25) is 5.91 Å². The fourth-order valence-electron chi connectivity index (χ4n) is 2.73. The fraction of sp³-hybridized carbons (Fsp3) is 0.917. The largest absolute Gasteiger partial charge is 0.343 e. The average molecular weight is 210 g/mol. The number of rotatable bonds is 2. The van der Waals surface area contributed by atoms with Gasteiger partial charge >= 0.3 is 0 Å². The Kier molecular flexibility index (Phi) is 3.62. The molecule has 2 N–H and O–H groups in total. The van der Waals surface area contributed by atoms with Crippen LogP contribution in [-0.4, -0.2) is 29.9 Å². The zero-order chi connectivity index (χ0) is 10.7. The van der Waals surface area contributed by atoms with Crippen LogP contribution in [-0.2, 0) is 4.79 Å². The second-order valence-corrected chi connectivity index (χ2v) is 5.07. The van der Waals surface area contributed by atoms with Crippen molar-refractivity contribution in [1.29, 1.82) is 0 Å². The molecular weight excluding hydrogens is 188 g/mol. The Balaban J connectivity index is 1.74. The van der Waals surface area contributed by atoms with Gasteiger partial charge in [0, 0.05) is 25.6 Å². The number of hydrogen-bond donors (Lipinski definition) is 1. The predicted octanol–water partition coefficient (Wildman–Crippen LogP) is 1.52. The van der Waals surface area contributed by atoms with Gasteiger partial charge in [-0.1, -0.05) is 0 Å². The monoisotopic (exact) mass is 210 g/mol. The first-order valence-corrected chi connectivity index (χ1v) is 6.29. The van der Waals surface area contributed by atoms with E-state index in [1.165, 1.54) is 12.8 Å². The third-order valence-corrected chi connectivity index (χ3v) is 3.81. The van der Waals surface area contributed by atoms with Crippen LogP contribution in [0, 0.1) is 5.92 Å². The summed E-state index contributed by atoms with van der Waals surface area (Å²) in [5, 5.41) is 0. The van der Waals surface area contributed by atoms with Crippen LogP contribution in [0.4, 0.5) is 0 Å². The molecule has 2 aliphatic rings. The maximum absolute atomic E-state index is 11.9. The summed E-state index contributed by atoms with van der Waals surface area (Å²) in [4.78, 5) is 13.9. The highest BCUT2D eigenvalue weighted by Gasteiger charge is 2.24. The third-order valence-electron chi connectivity index (χ3n) is 3.81. The fourth-order valence-corrected chi connectivity index (χ4v) is 2.73. The molecule has 1 aliphatic heterocycles. The quantitative estimate of drug-likeness (QED) is 0.751. The molecule has 0 unspecified atom stereocenters. The Morgan fingerprint density at radius 2 is 1.73 bits per heavy atom. The number of likely N-dealkylation sites (tertiary alicyclic amines) is 1. The van der Waals surface area contributed by atoms with Crippen molar-refractivity contribution in [2.75, 3.05) is 13.1 Å². The lowest BCUT2D eigenvalue weighted by molar-refractivity contribution is -0.131. The molecule has 0 aromatic carbocycles. The van der Waals surface area contributed by atoms with Gasteiger partial charge in [0.15, 0.2) is 0 Å². The zero-order valence-corrected chi connectivity index (χ0v) is 9.45. The molecule has 2 rings (SSSR count). The zero-order valence-electron chi connectivity index (χ0n) is 9.45. The van der Waals surface area contributed by atoms with Gasteiger partial charge in [0.05, 0.1) is 0 Å². The highest BCUT2D eigenvalue weighted by molar-refractivity contribution is 5.76. The van der Waals surface area contributed by atoms with Gasteiger partial charge in [-0.05, 0) is 44.4 Å². The van der Waals surface area contributed by atoms with Crippen LogP contribution in [0.3, 0.4) is 0 Å². The maximum atomic E-state index is 11.9. The van der Waals surface area contributed by atoms with E-state index in [0.29, 0.717) is 17.9 Å². The molecule has 0 spiro atoms. The second-order valence-electron chi connectivity index (χ2n) is 5.07. The van der Waals surface area contributed by atoms with Gasteiger partial charge < -0.3 is 10.6 Å². The first-order chi connectivity index (χ1) is 7.25. The number of carbonyl (C=O) groups excluding carboxylic acids is 1. The van der Waals surface area contributed by atoms with Crippen LogP contribution in [0.25, 0.3) is 0 Å². The van der Waals surface area contributed by atoms with Crippen LogP contribution in [0.15, 0.2) is 0 Å². The first kappa shape index (κ1) is 10.9. The van der Waals surface area contributed by atoms with Crippen molar-refractivity contribution in [1.82, 2.24) is 4.90 Å². The lowest BCUT2D eigenvalue weighted by Crippen LogP contribution is -2.32. The standard InChI is InChI=1S/C12H22N2O/c13-11-5-3-10(4-6-11)9-12(15)14-7-1-2-8-14/h10-11H,1-9,13H2. The maximum Gasteiger partial charge on any atom is 0.222 e. The number of amides is 1. The molecule has 1 saturated heterocycles. The molecule has 1 amide bonds. The molecule has 1 saturated carbocycles. The summed E-state index contributed by atoms with van der Waals surface area (Å²) in [5.41, 5.74) is 5.85. The van der Waals surface area contributed by atoms with Crippen LogP contribution in [0.2, 0.25) is 0 Å². The molecule has 0 radical (unpaired) electrons. The highest BCUT2D eigenvalue weighted by Crippen LogP contribution is 2.26. The summed E-state index contributed by atoms with van der Waals surface area (Å²) in [7, 11) is 0. The number of nitrogens with two attached hydrogens (primary N) is 1. The first-order valence-electron chi connectivity index (χ1n) is 6.29. The molecule has 1 heterocycles. The minimum absolute atomic E-state index is 0.382. The number of nitrogens with zero attached hydrogens (tertiary/aromatic N) is 1. The summed E-state index contributed by atoms with van der Waals surface area (Å²) in [6, 6.07) is 0.392. The second kappa shape index (κ2) is 4.97. The van der Waals surface area contributed by atoms with E-state index in [2.05, 4.69) is 0 Å². The summed E-state index contributed by atoms with van der Waals surface area (Å²) >= 11 is 0. The minimum Gasteiger partial charge on any atom is -0.343 e. The summed E-state index contributed by atoms with van der Waals surface area (Å²) in [5.74, 6) is 0.992. The molecular formula is C12H22N2O. The lowest BCUT2D eigenvalue weighted by Gasteiger charge is -2.27. The van der Waals surface area contributed by atoms with E-state index in [-0.39, 0.29) is 0 Å². The molecule has 86 valence electrons. The van der Waals surface area contributed by atoms with E-state index < -0.39 is 0 Å². The normalized spacial score (nSPS) is 31.9. The third kappa shape index (κ3) is 2.94. The Hall–Kier alpha value is -0.570. The number of hydrogen-bond acceptors (Lipinski definition) is 2. The van der Waals surface area contributed by atoms with E-state index in [9.17, 15) is 4.79 Å². The van der Waals surface area contributed by atoms with Gasteiger partial charge in [0.25, 0.3) is 0 Å². The molecule has 0 bridgehead atoms. The van der Waals surface area contributed by atoms with E-state index in [1.54, 1.807) is 0 Å². The van der Waals surface area contributed by atoms with Crippen LogP contribution >= 0.6 is 0 Å². The minimum atomic E-state index is 0.382. The Morgan fingerprint density at radius 1 is 1.13 bits per heavy atom. The van der Waals surface area contributed by atoms with Crippen molar-refractivity contribution in [3.05, 3.63) is 0 Å².